The molecule has 1 aliphatic rings. The molecule has 2 N–H and O–H groups in total. The average molecular weight is 246 g/mol. The summed E-state index contributed by atoms with van der Waals surface area (Å²) >= 11 is 0. The Labute approximate surface area is 109 Å². The van der Waals surface area contributed by atoms with Gasteiger partial charge in [-0.25, -0.2) is 0 Å². The van der Waals surface area contributed by atoms with Crippen LogP contribution in [0.25, 0.3) is 0 Å². The number of nitrogens with two attached hydrogens (primary N) is 1. The standard InChI is InChI=1S/C15H22N2O/c1-4-17-14(18)8-7-13(16)15(17)12-6-5-10(2)11(3)9-12/h5-6,9,13,15H,4,7-8,16H2,1-3H3. The molecule has 0 aromatic heterocycles. The zero-order valence-corrected chi connectivity index (χ0v) is 11.4. The van der Waals surface area contributed by atoms with Crippen molar-refractivity contribution in [2.24, 2.45) is 5.73 Å². The Morgan fingerprint density at radius 1 is 1.33 bits per heavy atom. The van der Waals surface area contributed by atoms with Crippen molar-refractivity contribution < 1.29 is 4.79 Å². The first-order valence-corrected chi connectivity index (χ1v) is 6.66. The smallest absolute Gasteiger partial charge is 0.223 e. The molecular weight excluding hydrogens is 224 g/mol. The Morgan fingerprint density at radius 3 is 2.67 bits per heavy atom. The van der Waals surface area contributed by atoms with Crippen molar-refractivity contribution in [2.75, 3.05) is 6.54 Å². The van der Waals surface area contributed by atoms with Gasteiger partial charge in [-0.05, 0) is 43.9 Å². The Bertz CT molecular complexity index is 456. The highest BCUT2D eigenvalue weighted by atomic mass is 16.2. The van der Waals surface area contributed by atoms with Crippen LogP contribution in [0.15, 0.2) is 18.2 Å². The molecule has 0 bridgehead atoms. The van der Waals surface area contributed by atoms with Crippen molar-refractivity contribution in [3.05, 3.63) is 34.9 Å². The van der Waals surface area contributed by atoms with E-state index < -0.39 is 0 Å². The zero-order valence-electron chi connectivity index (χ0n) is 11.4. The van der Waals surface area contributed by atoms with Crippen molar-refractivity contribution >= 4 is 5.91 Å². The lowest BCUT2D eigenvalue weighted by Gasteiger charge is -2.39. The molecule has 0 aliphatic carbocycles. The summed E-state index contributed by atoms with van der Waals surface area (Å²) in [7, 11) is 0. The number of rotatable bonds is 2. The summed E-state index contributed by atoms with van der Waals surface area (Å²) in [6.07, 6.45) is 1.36. The van der Waals surface area contributed by atoms with Gasteiger partial charge in [0.05, 0.1) is 6.04 Å². The molecule has 1 aromatic carbocycles. The van der Waals surface area contributed by atoms with Gasteiger partial charge in [-0.1, -0.05) is 18.2 Å². The number of hydrogen-bond acceptors (Lipinski definition) is 2. The van der Waals surface area contributed by atoms with E-state index in [1.807, 2.05) is 11.8 Å². The van der Waals surface area contributed by atoms with Gasteiger partial charge in [-0.15, -0.1) is 0 Å². The van der Waals surface area contributed by atoms with Crippen molar-refractivity contribution in [1.29, 1.82) is 0 Å². The third kappa shape index (κ3) is 2.27. The Kier molecular flexibility index (Phi) is 3.71. The third-order valence-corrected chi connectivity index (χ3v) is 3.97. The largest absolute Gasteiger partial charge is 0.334 e. The van der Waals surface area contributed by atoms with Gasteiger partial charge >= 0.3 is 0 Å². The summed E-state index contributed by atoms with van der Waals surface area (Å²) in [5.41, 5.74) is 9.93. The van der Waals surface area contributed by atoms with E-state index in [-0.39, 0.29) is 18.0 Å². The molecule has 2 rings (SSSR count). The monoisotopic (exact) mass is 246 g/mol. The maximum atomic E-state index is 12.0. The zero-order chi connectivity index (χ0) is 13.3. The van der Waals surface area contributed by atoms with E-state index in [0.717, 1.165) is 13.0 Å². The summed E-state index contributed by atoms with van der Waals surface area (Å²) in [6.45, 7) is 6.95. The number of hydrogen-bond donors (Lipinski definition) is 1. The predicted molar refractivity (Wildman–Crippen MR) is 73.3 cm³/mol. The van der Waals surface area contributed by atoms with Crippen LogP contribution in [0.5, 0.6) is 0 Å². The first kappa shape index (κ1) is 13.1. The molecule has 0 spiro atoms. The average Bonchev–Trinajstić information content (AvgIpc) is 2.35. The number of piperidine rings is 1. The molecule has 3 heteroatoms. The van der Waals surface area contributed by atoms with Crippen LogP contribution in [0.1, 0.15) is 42.5 Å². The van der Waals surface area contributed by atoms with Crippen LogP contribution < -0.4 is 5.73 Å². The molecule has 1 aromatic rings. The second kappa shape index (κ2) is 5.11. The Hall–Kier alpha value is -1.35. The summed E-state index contributed by atoms with van der Waals surface area (Å²) in [5, 5.41) is 0. The maximum Gasteiger partial charge on any atom is 0.223 e. The second-order valence-electron chi connectivity index (χ2n) is 5.17. The lowest BCUT2D eigenvalue weighted by atomic mass is 9.89. The maximum absolute atomic E-state index is 12.0. The quantitative estimate of drug-likeness (QED) is 0.870. The molecule has 1 aliphatic heterocycles. The van der Waals surface area contributed by atoms with Crippen molar-refractivity contribution in [2.45, 2.75) is 45.7 Å². The number of carbonyl (C=O) groups is 1. The minimum atomic E-state index is 0.0375. The lowest BCUT2D eigenvalue weighted by Crippen LogP contribution is -2.48. The fourth-order valence-corrected chi connectivity index (χ4v) is 2.73. The van der Waals surface area contributed by atoms with Crippen LogP contribution in [0.4, 0.5) is 0 Å². The van der Waals surface area contributed by atoms with Gasteiger partial charge in [0, 0.05) is 19.0 Å². The summed E-state index contributed by atoms with van der Waals surface area (Å²) in [5.74, 6) is 0.224. The van der Waals surface area contributed by atoms with E-state index in [9.17, 15) is 4.79 Å². The summed E-state index contributed by atoms with van der Waals surface area (Å²) in [6, 6.07) is 6.47. The highest BCUT2D eigenvalue weighted by molar-refractivity contribution is 5.78. The normalized spacial score (nSPS) is 24.4. The minimum Gasteiger partial charge on any atom is -0.334 e. The predicted octanol–water partition coefficient (Wildman–Crippen LogP) is 2.31. The van der Waals surface area contributed by atoms with Crippen LogP contribution in [-0.4, -0.2) is 23.4 Å². The molecule has 3 nitrogen and oxygen atoms in total. The van der Waals surface area contributed by atoms with E-state index in [1.54, 1.807) is 0 Å². The lowest BCUT2D eigenvalue weighted by molar-refractivity contribution is -0.137. The molecule has 1 fully saturated rings. The number of likely N-dealkylation sites (N-methyl/N-ethyl adjacent to an activating group) is 1. The highest BCUT2D eigenvalue weighted by Crippen LogP contribution is 2.31. The number of aryl methyl sites for hydroxylation is 2. The number of benzene rings is 1. The third-order valence-electron chi connectivity index (χ3n) is 3.97. The van der Waals surface area contributed by atoms with E-state index in [2.05, 4.69) is 32.0 Å². The van der Waals surface area contributed by atoms with Gasteiger partial charge < -0.3 is 10.6 Å². The molecule has 0 radical (unpaired) electrons. The topological polar surface area (TPSA) is 46.3 Å². The number of likely N-dealkylation sites (tertiary alicyclic amines) is 1. The van der Waals surface area contributed by atoms with Crippen LogP contribution in [0, 0.1) is 13.8 Å². The summed E-state index contributed by atoms with van der Waals surface area (Å²) in [4.78, 5) is 13.9. The molecule has 1 saturated heterocycles. The molecule has 2 unspecified atom stereocenters. The second-order valence-corrected chi connectivity index (χ2v) is 5.17. The number of carbonyl (C=O) groups excluding carboxylic acids is 1. The first-order chi connectivity index (χ1) is 8.54. The van der Waals surface area contributed by atoms with Gasteiger partial charge in [0.25, 0.3) is 0 Å². The minimum absolute atomic E-state index is 0.0375. The SMILES string of the molecule is CCN1C(=O)CCC(N)C1c1ccc(C)c(C)c1. The summed E-state index contributed by atoms with van der Waals surface area (Å²) < 4.78 is 0. The van der Waals surface area contributed by atoms with Crippen molar-refractivity contribution in [3.8, 4) is 0 Å². The van der Waals surface area contributed by atoms with Gasteiger partial charge in [0.1, 0.15) is 0 Å². The van der Waals surface area contributed by atoms with Crippen LogP contribution in [-0.2, 0) is 4.79 Å². The molecule has 98 valence electrons. The van der Waals surface area contributed by atoms with Gasteiger partial charge in [-0.3, -0.25) is 4.79 Å². The van der Waals surface area contributed by atoms with E-state index in [1.165, 1.54) is 16.7 Å². The Morgan fingerprint density at radius 2 is 2.06 bits per heavy atom. The molecule has 1 amide bonds. The molecule has 2 atom stereocenters. The number of nitrogens with zero attached hydrogens (tertiary/aromatic N) is 1. The van der Waals surface area contributed by atoms with E-state index >= 15 is 0 Å². The molecule has 18 heavy (non-hydrogen) atoms. The van der Waals surface area contributed by atoms with Gasteiger partial charge in [0.2, 0.25) is 5.91 Å². The fraction of sp³-hybridized carbons (Fsp3) is 0.533. The van der Waals surface area contributed by atoms with Gasteiger partial charge in [-0.2, -0.15) is 0 Å². The Balaban J connectivity index is 2.38. The fourth-order valence-electron chi connectivity index (χ4n) is 2.73. The molecule has 0 saturated carbocycles. The van der Waals surface area contributed by atoms with Crippen LogP contribution in [0.2, 0.25) is 0 Å². The van der Waals surface area contributed by atoms with E-state index in [0.29, 0.717) is 6.42 Å². The molecular formula is C15H22N2O. The highest BCUT2D eigenvalue weighted by Gasteiger charge is 2.33. The van der Waals surface area contributed by atoms with Crippen molar-refractivity contribution in [1.82, 2.24) is 4.90 Å². The van der Waals surface area contributed by atoms with E-state index in [4.69, 9.17) is 5.73 Å². The van der Waals surface area contributed by atoms with Crippen molar-refractivity contribution in [3.63, 3.8) is 0 Å². The van der Waals surface area contributed by atoms with Gasteiger partial charge in [0.15, 0.2) is 0 Å². The van der Waals surface area contributed by atoms with Crippen LogP contribution in [0.3, 0.4) is 0 Å². The first-order valence-electron chi connectivity index (χ1n) is 6.66. The van der Waals surface area contributed by atoms with Crippen LogP contribution >= 0.6 is 0 Å². The number of amides is 1. The molecule has 1 heterocycles.